The molecule has 0 radical (unpaired) electrons. The lowest BCUT2D eigenvalue weighted by molar-refractivity contribution is -0.122. The number of hydrogen-bond acceptors (Lipinski definition) is 4. The van der Waals surface area contributed by atoms with Gasteiger partial charge in [-0.1, -0.05) is 11.8 Å². The molecule has 1 N–H and O–H groups in total. The molecule has 0 spiro atoms. The van der Waals surface area contributed by atoms with Crippen molar-refractivity contribution >= 4 is 22.9 Å². The average molecular weight is 272 g/mol. The lowest BCUT2D eigenvalue weighted by atomic mass is 10.1. The number of rotatable bonds is 5. The molecule has 2 saturated heterocycles. The molecule has 2 amide bonds. The molecule has 102 valence electrons. The molecule has 0 aromatic heterocycles. The highest BCUT2D eigenvalue weighted by atomic mass is 32.2. The molecule has 2 heterocycles. The molecule has 2 rings (SSSR count). The predicted molar refractivity (Wildman–Crippen MR) is 70.6 cm³/mol. The molecule has 2 aliphatic heterocycles. The third-order valence-electron chi connectivity index (χ3n) is 3.36. The van der Waals surface area contributed by atoms with E-state index in [4.69, 9.17) is 4.74 Å². The minimum Gasteiger partial charge on any atom is -0.376 e. The maximum atomic E-state index is 11.8. The van der Waals surface area contributed by atoms with E-state index in [2.05, 4.69) is 5.32 Å². The van der Waals surface area contributed by atoms with Gasteiger partial charge >= 0.3 is 0 Å². The number of ether oxygens (including phenoxy) is 1. The van der Waals surface area contributed by atoms with Gasteiger partial charge in [0, 0.05) is 31.9 Å². The van der Waals surface area contributed by atoms with Crippen molar-refractivity contribution < 1.29 is 14.3 Å². The number of nitrogens with zero attached hydrogens (tertiary/aromatic N) is 1. The zero-order chi connectivity index (χ0) is 13.0. The van der Waals surface area contributed by atoms with E-state index in [9.17, 15) is 9.59 Å². The summed E-state index contributed by atoms with van der Waals surface area (Å²) in [4.78, 5) is 24.9. The quantitative estimate of drug-likeness (QED) is 0.818. The molecular weight excluding hydrogens is 252 g/mol. The van der Waals surface area contributed by atoms with Crippen LogP contribution < -0.4 is 5.32 Å². The fourth-order valence-electron chi connectivity index (χ4n) is 2.28. The first-order valence-electron chi connectivity index (χ1n) is 6.49. The number of carbonyl (C=O) groups is 2. The summed E-state index contributed by atoms with van der Waals surface area (Å²) in [5.74, 6) is 0.843. The van der Waals surface area contributed by atoms with Crippen LogP contribution in [0.15, 0.2) is 0 Å². The van der Waals surface area contributed by atoms with Crippen LogP contribution in [-0.2, 0) is 9.53 Å². The highest BCUT2D eigenvalue weighted by Crippen LogP contribution is 2.17. The molecule has 0 saturated carbocycles. The topological polar surface area (TPSA) is 58.6 Å². The second kappa shape index (κ2) is 6.43. The Balaban J connectivity index is 1.66. The van der Waals surface area contributed by atoms with Crippen LogP contribution in [0.5, 0.6) is 0 Å². The van der Waals surface area contributed by atoms with E-state index in [0.29, 0.717) is 13.0 Å². The molecule has 5 nitrogen and oxygen atoms in total. The summed E-state index contributed by atoms with van der Waals surface area (Å²) in [5, 5.41) is 3.04. The van der Waals surface area contributed by atoms with Crippen LogP contribution in [0, 0.1) is 0 Å². The van der Waals surface area contributed by atoms with Gasteiger partial charge in [-0.2, -0.15) is 0 Å². The fourth-order valence-corrected chi connectivity index (χ4v) is 3.13. The van der Waals surface area contributed by atoms with Gasteiger partial charge in [-0.25, -0.2) is 0 Å². The van der Waals surface area contributed by atoms with E-state index in [1.165, 1.54) is 11.8 Å². The Morgan fingerprint density at radius 3 is 3.11 bits per heavy atom. The molecule has 6 heteroatoms. The number of nitrogens with one attached hydrogen (secondary N) is 1. The zero-order valence-corrected chi connectivity index (χ0v) is 11.5. The SMILES string of the molecule is C[C@H](NC(=O)CCN1CCSC1=O)[C@@H]1CCCO1. The van der Waals surface area contributed by atoms with E-state index in [1.54, 1.807) is 4.90 Å². The van der Waals surface area contributed by atoms with Gasteiger partial charge in [-0.3, -0.25) is 9.59 Å². The van der Waals surface area contributed by atoms with Crippen LogP contribution >= 0.6 is 11.8 Å². The van der Waals surface area contributed by atoms with Crippen molar-refractivity contribution in [1.29, 1.82) is 0 Å². The van der Waals surface area contributed by atoms with Crippen molar-refractivity contribution in [2.24, 2.45) is 0 Å². The molecule has 0 unspecified atom stereocenters. The van der Waals surface area contributed by atoms with Gasteiger partial charge < -0.3 is 15.0 Å². The first kappa shape index (κ1) is 13.7. The molecule has 0 aliphatic carbocycles. The first-order valence-corrected chi connectivity index (χ1v) is 7.48. The Morgan fingerprint density at radius 2 is 2.50 bits per heavy atom. The minimum atomic E-state index is 0.00250. The van der Waals surface area contributed by atoms with Crippen molar-refractivity contribution in [1.82, 2.24) is 10.2 Å². The molecule has 0 aromatic carbocycles. The number of amides is 2. The predicted octanol–water partition coefficient (Wildman–Crippen LogP) is 1.23. The lowest BCUT2D eigenvalue weighted by Crippen LogP contribution is -2.42. The molecule has 2 aliphatic rings. The second-order valence-corrected chi connectivity index (χ2v) is 5.81. The summed E-state index contributed by atoms with van der Waals surface area (Å²) in [6.07, 6.45) is 2.62. The highest BCUT2D eigenvalue weighted by molar-refractivity contribution is 8.13. The van der Waals surface area contributed by atoms with Crippen molar-refractivity contribution in [3.63, 3.8) is 0 Å². The Morgan fingerprint density at radius 1 is 1.67 bits per heavy atom. The van der Waals surface area contributed by atoms with Gasteiger partial charge in [0.1, 0.15) is 0 Å². The molecule has 2 fully saturated rings. The standard InChI is InChI=1S/C12H20N2O3S/c1-9(10-3-2-7-17-10)13-11(15)4-5-14-6-8-18-12(14)16/h9-10H,2-8H2,1H3,(H,13,15)/t9-,10-/m0/s1. The van der Waals surface area contributed by atoms with Crippen molar-refractivity contribution in [3.8, 4) is 0 Å². The smallest absolute Gasteiger partial charge is 0.281 e. The Hall–Kier alpha value is -0.750. The Labute approximate surface area is 112 Å². The fraction of sp³-hybridized carbons (Fsp3) is 0.833. The van der Waals surface area contributed by atoms with E-state index in [0.717, 1.165) is 31.7 Å². The van der Waals surface area contributed by atoms with E-state index in [1.807, 2.05) is 6.92 Å². The van der Waals surface area contributed by atoms with Crippen LogP contribution in [-0.4, -0.2) is 53.6 Å². The third-order valence-corrected chi connectivity index (χ3v) is 4.26. The van der Waals surface area contributed by atoms with Crippen molar-refractivity contribution in [3.05, 3.63) is 0 Å². The summed E-state index contributed by atoms with van der Waals surface area (Å²) < 4.78 is 5.53. The first-order chi connectivity index (χ1) is 8.66. The summed E-state index contributed by atoms with van der Waals surface area (Å²) in [6.45, 7) is 4.06. The monoisotopic (exact) mass is 272 g/mol. The number of hydrogen-bond donors (Lipinski definition) is 1. The molecule has 2 atom stereocenters. The normalized spacial score (nSPS) is 25.5. The van der Waals surface area contributed by atoms with Gasteiger partial charge in [0.25, 0.3) is 5.24 Å². The largest absolute Gasteiger partial charge is 0.376 e. The van der Waals surface area contributed by atoms with E-state index >= 15 is 0 Å². The van der Waals surface area contributed by atoms with E-state index in [-0.39, 0.29) is 23.3 Å². The van der Waals surface area contributed by atoms with Crippen LogP contribution in [0.1, 0.15) is 26.2 Å². The van der Waals surface area contributed by atoms with E-state index < -0.39 is 0 Å². The van der Waals surface area contributed by atoms with Gasteiger partial charge in [0.2, 0.25) is 5.91 Å². The van der Waals surface area contributed by atoms with Crippen molar-refractivity contribution in [2.75, 3.05) is 25.4 Å². The van der Waals surface area contributed by atoms with Crippen LogP contribution in [0.25, 0.3) is 0 Å². The molecule has 0 aromatic rings. The average Bonchev–Trinajstić information content (AvgIpc) is 2.97. The van der Waals surface area contributed by atoms with Crippen LogP contribution in [0.3, 0.4) is 0 Å². The maximum Gasteiger partial charge on any atom is 0.281 e. The summed E-state index contributed by atoms with van der Waals surface area (Å²) in [6, 6.07) is 0.0589. The second-order valence-electron chi connectivity index (χ2n) is 4.76. The van der Waals surface area contributed by atoms with Crippen LogP contribution in [0.2, 0.25) is 0 Å². The number of carbonyl (C=O) groups excluding carboxylic acids is 2. The third kappa shape index (κ3) is 3.62. The summed E-state index contributed by atoms with van der Waals surface area (Å²) in [7, 11) is 0. The number of thioether (sulfide) groups is 1. The van der Waals surface area contributed by atoms with Gasteiger partial charge in [-0.05, 0) is 19.8 Å². The Bertz CT molecular complexity index is 318. The Kier molecular flexibility index (Phi) is 4.88. The van der Waals surface area contributed by atoms with Crippen molar-refractivity contribution in [2.45, 2.75) is 38.3 Å². The van der Waals surface area contributed by atoms with Gasteiger partial charge in [-0.15, -0.1) is 0 Å². The highest BCUT2D eigenvalue weighted by Gasteiger charge is 2.25. The zero-order valence-electron chi connectivity index (χ0n) is 10.7. The molecular formula is C12H20N2O3S. The summed E-state index contributed by atoms with van der Waals surface area (Å²) in [5.41, 5.74) is 0. The maximum absolute atomic E-state index is 11.8. The lowest BCUT2D eigenvalue weighted by Gasteiger charge is -2.21. The van der Waals surface area contributed by atoms with Gasteiger partial charge in [0.05, 0.1) is 12.1 Å². The molecule has 18 heavy (non-hydrogen) atoms. The van der Waals surface area contributed by atoms with Gasteiger partial charge in [0.15, 0.2) is 0 Å². The van der Waals surface area contributed by atoms with Crippen LogP contribution in [0.4, 0.5) is 4.79 Å². The minimum absolute atomic E-state index is 0.00250. The molecule has 0 bridgehead atoms. The summed E-state index contributed by atoms with van der Waals surface area (Å²) >= 11 is 1.33.